The fraction of sp³-hybridized carbons (Fsp3) is 0.333. The third kappa shape index (κ3) is 4.08. The van der Waals surface area contributed by atoms with Crippen LogP contribution in [0.25, 0.3) is 0 Å². The number of rotatable bonds is 5. The van der Waals surface area contributed by atoms with Crippen LogP contribution in [-0.2, 0) is 16.6 Å². The largest absolute Gasteiger partial charge is 0.586 e. The van der Waals surface area contributed by atoms with Gasteiger partial charge in [0.1, 0.15) is 29.4 Å². The van der Waals surface area contributed by atoms with Crippen molar-refractivity contribution in [1.29, 1.82) is 0 Å². The molecule has 3 aliphatic heterocycles. The van der Waals surface area contributed by atoms with Crippen molar-refractivity contribution in [2.75, 3.05) is 29.9 Å². The van der Waals surface area contributed by atoms with Crippen molar-refractivity contribution in [3.05, 3.63) is 71.8 Å². The molecule has 4 heterocycles. The molecule has 0 saturated carbocycles. The average molecular weight is 494 g/mol. The normalized spacial score (nSPS) is 23.3. The third-order valence-electron chi connectivity index (χ3n) is 7.07. The number of aromatic nitrogens is 1. The molecule has 1 aromatic heterocycles. The Morgan fingerprint density at radius 3 is 2.67 bits per heavy atom. The van der Waals surface area contributed by atoms with Crippen molar-refractivity contribution in [3.63, 3.8) is 0 Å². The van der Waals surface area contributed by atoms with Gasteiger partial charge in [-0.25, -0.2) is 4.98 Å². The first-order chi connectivity index (χ1) is 17.3. The summed E-state index contributed by atoms with van der Waals surface area (Å²) in [5.74, 6) is 1.50. The first kappa shape index (κ1) is 22.6. The fourth-order valence-corrected chi connectivity index (χ4v) is 5.09. The Balaban J connectivity index is 1.16. The van der Waals surface area contributed by atoms with Gasteiger partial charge in [-0.05, 0) is 49.4 Å². The molecule has 1 N–H and O–H groups in total. The zero-order chi connectivity index (χ0) is 24.9. The molecule has 1 amide bonds. The molecule has 1 fully saturated rings. The molecular weight excluding hydrogens is 468 g/mol. The van der Waals surface area contributed by atoms with E-state index in [1.54, 1.807) is 13.0 Å². The topological polar surface area (TPSA) is 72.9 Å². The van der Waals surface area contributed by atoms with E-state index in [1.807, 2.05) is 18.2 Å². The predicted octanol–water partition coefficient (Wildman–Crippen LogP) is 4.76. The highest BCUT2D eigenvalue weighted by Crippen LogP contribution is 2.50. The molecule has 186 valence electrons. The van der Waals surface area contributed by atoms with E-state index < -0.39 is 11.7 Å². The molecule has 9 heteroatoms. The van der Waals surface area contributed by atoms with Gasteiger partial charge in [-0.2, -0.15) is 0 Å². The van der Waals surface area contributed by atoms with E-state index in [-0.39, 0.29) is 24.0 Å². The number of pyridine rings is 1. The van der Waals surface area contributed by atoms with E-state index >= 15 is 0 Å². The number of carbonyl (C=O) groups is 1. The second kappa shape index (κ2) is 8.36. The van der Waals surface area contributed by atoms with E-state index in [0.717, 1.165) is 31.7 Å². The quantitative estimate of drug-likeness (QED) is 0.553. The van der Waals surface area contributed by atoms with Crippen LogP contribution < -0.4 is 24.4 Å². The summed E-state index contributed by atoms with van der Waals surface area (Å²) in [4.78, 5) is 20.3. The number of hydrogen-bond acceptors (Lipinski definition) is 6. The molecule has 0 aliphatic carbocycles. The predicted molar refractivity (Wildman–Crippen MR) is 129 cm³/mol. The first-order valence-electron chi connectivity index (χ1n) is 11.9. The molecule has 1 unspecified atom stereocenters. The maximum Gasteiger partial charge on any atom is 0.586 e. The first-order valence-corrected chi connectivity index (χ1v) is 11.9. The Labute approximate surface area is 207 Å². The summed E-state index contributed by atoms with van der Waals surface area (Å²) >= 11 is 0. The highest BCUT2D eigenvalue weighted by atomic mass is 19.3. The number of nitrogens with one attached hydrogen (secondary N) is 1. The highest BCUT2D eigenvalue weighted by molar-refractivity contribution is 5.99. The smallest absolute Gasteiger partial charge is 0.492 e. The van der Waals surface area contributed by atoms with Crippen molar-refractivity contribution in [2.24, 2.45) is 5.92 Å². The van der Waals surface area contributed by atoms with Crippen molar-refractivity contribution in [3.8, 4) is 17.2 Å². The average Bonchev–Trinajstić information content (AvgIpc) is 3.53. The molecular formula is C27H25F2N3O4. The molecule has 0 spiro atoms. The number of fused-ring (bicyclic) bond motifs is 2. The molecule has 7 nitrogen and oxygen atoms in total. The van der Waals surface area contributed by atoms with E-state index in [4.69, 9.17) is 4.74 Å². The van der Waals surface area contributed by atoms with Crippen LogP contribution >= 0.6 is 0 Å². The number of ether oxygens (including phenoxy) is 3. The van der Waals surface area contributed by atoms with Crippen LogP contribution in [0.5, 0.6) is 17.2 Å². The van der Waals surface area contributed by atoms with E-state index in [9.17, 15) is 13.6 Å². The Morgan fingerprint density at radius 2 is 1.86 bits per heavy atom. The Kier molecular flexibility index (Phi) is 5.24. The number of carbonyl (C=O) groups excluding carboxylic acids is 1. The van der Waals surface area contributed by atoms with Gasteiger partial charge in [0.15, 0.2) is 11.5 Å². The summed E-state index contributed by atoms with van der Waals surface area (Å²) in [6.45, 7) is 3.56. The number of anilines is 2. The van der Waals surface area contributed by atoms with Gasteiger partial charge in [-0.15, -0.1) is 8.78 Å². The number of alkyl halides is 2. The van der Waals surface area contributed by atoms with Crippen LogP contribution in [0.3, 0.4) is 0 Å². The van der Waals surface area contributed by atoms with Gasteiger partial charge in [0.05, 0.1) is 0 Å². The lowest BCUT2D eigenvalue weighted by atomic mass is 9.83. The summed E-state index contributed by atoms with van der Waals surface area (Å²) in [5, 5.41) is 2.89. The van der Waals surface area contributed by atoms with Crippen molar-refractivity contribution < 1.29 is 27.8 Å². The Bertz CT molecular complexity index is 1320. The standard InChI is InChI=1S/C27H25F2N3O4/c1-26(16-34-20-14-22-21(13-19(20)26)35-27(28,29)36-22)25(33)31-23-8-5-9-24(30-23)32-11-10-18(15-32)12-17-6-3-2-4-7-17/h2-9,13-14,18H,10-12,15-16H2,1H3,(H,30,31,33)/t18?,26-/m0/s1. The molecule has 3 aromatic rings. The fourth-order valence-electron chi connectivity index (χ4n) is 5.09. The van der Waals surface area contributed by atoms with Crippen LogP contribution in [0.15, 0.2) is 60.7 Å². The van der Waals surface area contributed by atoms with Gasteiger partial charge in [-0.3, -0.25) is 4.79 Å². The molecule has 6 rings (SSSR count). The van der Waals surface area contributed by atoms with Crippen molar-refractivity contribution in [1.82, 2.24) is 4.98 Å². The van der Waals surface area contributed by atoms with E-state index in [1.165, 1.54) is 17.7 Å². The summed E-state index contributed by atoms with van der Waals surface area (Å²) in [6.07, 6.45) is -1.64. The van der Waals surface area contributed by atoms with Gasteiger partial charge in [-0.1, -0.05) is 36.4 Å². The van der Waals surface area contributed by atoms with Gasteiger partial charge < -0.3 is 24.4 Å². The monoisotopic (exact) mass is 493 g/mol. The minimum atomic E-state index is -3.74. The summed E-state index contributed by atoms with van der Waals surface area (Å²) in [7, 11) is 0. The van der Waals surface area contributed by atoms with Crippen LogP contribution in [0.2, 0.25) is 0 Å². The molecule has 2 aromatic carbocycles. The number of benzene rings is 2. The zero-order valence-corrected chi connectivity index (χ0v) is 19.7. The van der Waals surface area contributed by atoms with E-state index in [2.05, 4.69) is 48.9 Å². The van der Waals surface area contributed by atoms with Crippen molar-refractivity contribution >= 4 is 17.5 Å². The minimum Gasteiger partial charge on any atom is -0.492 e. The van der Waals surface area contributed by atoms with E-state index in [0.29, 0.717) is 23.0 Å². The maximum absolute atomic E-state index is 13.5. The summed E-state index contributed by atoms with van der Waals surface area (Å²) in [6, 6.07) is 18.7. The maximum atomic E-state index is 13.5. The molecule has 3 aliphatic rings. The minimum absolute atomic E-state index is 0.0560. The number of amides is 1. The van der Waals surface area contributed by atoms with Crippen LogP contribution in [0.4, 0.5) is 20.4 Å². The van der Waals surface area contributed by atoms with Gasteiger partial charge in [0.25, 0.3) is 0 Å². The SMILES string of the molecule is C[C@]1(C(=O)Nc2cccc(N3CCC(Cc4ccccc4)C3)n2)COc2cc3c(cc21)OC(F)(F)O3. The molecule has 36 heavy (non-hydrogen) atoms. The molecule has 0 bridgehead atoms. The Morgan fingerprint density at radius 1 is 1.08 bits per heavy atom. The lowest BCUT2D eigenvalue weighted by Crippen LogP contribution is -2.39. The van der Waals surface area contributed by atoms with Gasteiger partial charge >= 0.3 is 6.29 Å². The lowest BCUT2D eigenvalue weighted by molar-refractivity contribution is -0.286. The molecule has 0 radical (unpaired) electrons. The van der Waals surface area contributed by atoms with Crippen molar-refractivity contribution in [2.45, 2.75) is 31.5 Å². The van der Waals surface area contributed by atoms with Crippen LogP contribution in [0.1, 0.15) is 24.5 Å². The molecule has 1 saturated heterocycles. The highest BCUT2D eigenvalue weighted by Gasteiger charge is 2.49. The van der Waals surface area contributed by atoms with Crippen LogP contribution in [0, 0.1) is 5.92 Å². The number of nitrogens with zero attached hydrogens (tertiary/aromatic N) is 2. The van der Waals surface area contributed by atoms with Crippen LogP contribution in [-0.4, -0.2) is 36.9 Å². The zero-order valence-electron chi connectivity index (χ0n) is 19.7. The van der Waals surface area contributed by atoms with Gasteiger partial charge in [0, 0.05) is 24.7 Å². The number of halogens is 2. The lowest BCUT2D eigenvalue weighted by Gasteiger charge is -2.22. The Hall–Kier alpha value is -3.88. The second-order valence-corrected chi connectivity index (χ2v) is 9.71. The van der Waals surface area contributed by atoms with Gasteiger partial charge in [0.2, 0.25) is 5.91 Å². The molecule has 2 atom stereocenters. The summed E-state index contributed by atoms with van der Waals surface area (Å²) < 4.78 is 41.7. The second-order valence-electron chi connectivity index (χ2n) is 9.71. The number of hydrogen-bond donors (Lipinski definition) is 1. The summed E-state index contributed by atoms with van der Waals surface area (Å²) in [5.41, 5.74) is 0.675. The third-order valence-corrected chi connectivity index (χ3v) is 7.07.